The van der Waals surface area contributed by atoms with Gasteiger partial charge in [-0.25, -0.2) is 4.39 Å². The van der Waals surface area contributed by atoms with Gasteiger partial charge in [-0.2, -0.15) is 0 Å². The molecule has 4 rings (SSSR count). The fourth-order valence-electron chi connectivity index (χ4n) is 7.12. The van der Waals surface area contributed by atoms with E-state index in [0.29, 0.717) is 42.9 Å². The highest BCUT2D eigenvalue weighted by atomic mass is 35.5. The molecule has 0 bridgehead atoms. The highest BCUT2D eigenvalue weighted by Crippen LogP contribution is 2.63. The molecule has 0 aromatic heterocycles. The lowest BCUT2D eigenvalue weighted by atomic mass is 9.48. The molecule has 0 aromatic rings. The molecule has 0 aliphatic heterocycles. The Balaban J connectivity index is 1.65. The van der Waals surface area contributed by atoms with Gasteiger partial charge in [-0.3, -0.25) is 9.59 Å². The lowest BCUT2D eigenvalue weighted by molar-refractivity contribution is -0.138. The second kappa shape index (κ2) is 7.61. The van der Waals surface area contributed by atoms with Gasteiger partial charge in [-0.05, 0) is 68.3 Å². The van der Waals surface area contributed by atoms with Crippen LogP contribution in [0.5, 0.6) is 0 Å². The number of carbonyl (C=O) groups is 2. The number of alkyl halides is 2. The maximum atomic E-state index is 15.6. The number of hydrogen-bond acceptors (Lipinski definition) is 2. The van der Waals surface area contributed by atoms with Crippen molar-refractivity contribution in [3.8, 4) is 0 Å². The van der Waals surface area contributed by atoms with Gasteiger partial charge in [-0.1, -0.05) is 25.3 Å². The maximum absolute atomic E-state index is 15.6. The molecule has 4 aliphatic carbocycles. The van der Waals surface area contributed by atoms with Gasteiger partial charge in [0.15, 0.2) is 5.78 Å². The van der Waals surface area contributed by atoms with Crippen LogP contribution in [0.4, 0.5) is 4.39 Å². The summed E-state index contributed by atoms with van der Waals surface area (Å²) in [6.07, 6.45) is 9.52. The molecule has 2 nitrogen and oxygen atoms in total. The van der Waals surface area contributed by atoms with Crippen LogP contribution in [-0.2, 0) is 9.59 Å². The number of hydrogen-bond donors (Lipinski definition) is 0. The van der Waals surface area contributed by atoms with Gasteiger partial charge in [0, 0.05) is 30.1 Å². The smallest absolute Gasteiger partial charge is 0.155 e. The van der Waals surface area contributed by atoms with Crippen molar-refractivity contribution in [3.63, 3.8) is 0 Å². The maximum Gasteiger partial charge on any atom is 0.155 e. The molecule has 0 aromatic carbocycles. The second-order valence-electron chi connectivity index (χ2n) is 9.69. The Hall–Kier alpha value is -0.700. The number of rotatable bonds is 5. The number of allylic oxidation sites excluding steroid dienone is 1. The average molecular weight is 395 g/mol. The third kappa shape index (κ3) is 3.32. The van der Waals surface area contributed by atoms with Crippen LogP contribution >= 0.6 is 11.6 Å². The summed E-state index contributed by atoms with van der Waals surface area (Å²) in [5.74, 6) is 2.48. The molecule has 0 heterocycles. The molecule has 0 amide bonds. The van der Waals surface area contributed by atoms with Gasteiger partial charge in [0.1, 0.15) is 12.0 Å². The molecule has 7 atom stereocenters. The Kier molecular flexibility index (Phi) is 5.53. The van der Waals surface area contributed by atoms with Crippen molar-refractivity contribution < 1.29 is 14.0 Å². The van der Waals surface area contributed by atoms with Crippen LogP contribution in [-0.4, -0.2) is 23.6 Å². The van der Waals surface area contributed by atoms with E-state index in [1.165, 1.54) is 5.57 Å². The van der Waals surface area contributed by atoms with Crippen LogP contribution in [0.3, 0.4) is 0 Å². The van der Waals surface area contributed by atoms with Gasteiger partial charge in [0.2, 0.25) is 0 Å². The molecule has 4 aliphatic rings. The van der Waals surface area contributed by atoms with Gasteiger partial charge in [0.25, 0.3) is 0 Å². The number of fused-ring (bicyclic) bond motifs is 5. The van der Waals surface area contributed by atoms with Crippen LogP contribution in [0.1, 0.15) is 71.1 Å². The summed E-state index contributed by atoms with van der Waals surface area (Å²) >= 11 is 5.83. The molecule has 150 valence electrons. The van der Waals surface area contributed by atoms with Crippen LogP contribution < -0.4 is 0 Å². The minimum atomic E-state index is -0.912. The number of Topliss-reactive ketones (excluding diaryl/α,β-unsaturated/α-hetero) is 1. The summed E-state index contributed by atoms with van der Waals surface area (Å²) in [6.45, 7) is 2.04. The Morgan fingerprint density at radius 3 is 2.74 bits per heavy atom. The molecular weight excluding hydrogens is 363 g/mol. The van der Waals surface area contributed by atoms with Crippen molar-refractivity contribution in [2.45, 2.75) is 77.3 Å². The normalized spacial score (nSPS) is 43.7. The summed E-state index contributed by atoms with van der Waals surface area (Å²) < 4.78 is 15.6. The van der Waals surface area contributed by atoms with E-state index < -0.39 is 11.6 Å². The van der Waals surface area contributed by atoms with E-state index in [4.69, 9.17) is 11.6 Å². The summed E-state index contributed by atoms with van der Waals surface area (Å²) in [6, 6.07) is 0. The third-order valence-corrected chi connectivity index (χ3v) is 8.59. The molecule has 0 spiro atoms. The zero-order valence-electron chi connectivity index (χ0n) is 16.4. The van der Waals surface area contributed by atoms with Crippen molar-refractivity contribution in [3.05, 3.63) is 11.6 Å². The van der Waals surface area contributed by atoms with E-state index in [1.807, 2.05) is 13.0 Å². The van der Waals surface area contributed by atoms with Gasteiger partial charge >= 0.3 is 0 Å². The van der Waals surface area contributed by atoms with Crippen LogP contribution in [0.25, 0.3) is 0 Å². The fourth-order valence-corrected chi connectivity index (χ4v) is 7.31. The summed E-state index contributed by atoms with van der Waals surface area (Å²) in [7, 11) is 0. The van der Waals surface area contributed by atoms with Gasteiger partial charge in [0.05, 0.1) is 0 Å². The molecule has 2 unspecified atom stereocenters. The highest BCUT2D eigenvalue weighted by molar-refractivity contribution is 6.17. The molecule has 4 heteroatoms. The van der Waals surface area contributed by atoms with E-state index in [0.717, 1.165) is 44.9 Å². The lowest BCUT2D eigenvalue weighted by Gasteiger charge is -2.56. The zero-order chi connectivity index (χ0) is 19.2. The fraction of sp³-hybridized carbons (Fsp3) is 0.826. The molecule has 0 N–H and O–H groups in total. The predicted molar refractivity (Wildman–Crippen MR) is 105 cm³/mol. The SMILES string of the molecule is C[C@]12CC(F)[C@H]3[C@@H](C(CCCCCCl)CC4=CC(=O)CC[C@@H]43)[C@@H]1CCC2=O. The Morgan fingerprint density at radius 2 is 1.96 bits per heavy atom. The van der Waals surface area contributed by atoms with Gasteiger partial charge in [-0.15, -0.1) is 11.6 Å². The van der Waals surface area contributed by atoms with Crippen molar-refractivity contribution in [1.29, 1.82) is 0 Å². The van der Waals surface area contributed by atoms with Crippen LogP contribution in [0.15, 0.2) is 11.6 Å². The Labute approximate surface area is 167 Å². The molecule has 27 heavy (non-hydrogen) atoms. The molecule has 0 radical (unpaired) electrons. The first-order valence-electron chi connectivity index (χ1n) is 10.9. The first-order valence-corrected chi connectivity index (χ1v) is 11.5. The topological polar surface area (TPSA) is 34.1 Å². The molecule has 0 saturated heterocycles. The number of carbonyl (C=O) groups excluding carboxylic acids is 2. The van der Waals surface area contributed by atoms with Gasteiger partial charge < -0.3 is 0 Å². The highest BCUT2D eigenvalue weighted by Gasteiger charge is 2.61. The average Bonchev–Trinajstić information content (AvgIpc) is 2.92. The van der Waals surface area contributed by atoms with E-state index in [9.17, 15) is 9.59 Å². The van der Waals surface area contributed by atoms with Crippen molar-refractivity contribution >= 4 is 23.2 Å². The van der Waals surface area contributed by atoms with E-state index >= 15 is 4.39 Å². The number of ketones is 2. The number of unbranched alkanes of at least 4 members (excludes halogenated alkanes) is 2. The van der Waals surface area contributed by atoms with E-state index in [2.05, 4.69) is 0 Å². The minimum Gasteiger partial charge on any atom is -0.299 e. The molecule has 3 saturated carbocycles. The Morgan fingerprint density at radius 1 is 1.15 bits per heavy atom. The first kappa shape index (κ1) is 19.6. The first-order chi connectivity index (χ1) is 13.0. The monoisotopic (exact) mass is 394 g/mol. The molecular formula is C23H32ClFO2. The summed E-state index contributed by atoms with van der Waals surface area (Å²) in [5.41, 5.74) is 0.756. The van der Waals surface area contributed by atoms with Crippen molar-refractivity contribution in [2.24, 2.45) is 35.0 Å². The lowest BCUT2D eigenvalue weighted by Crippen LogP contribution is -2.54. The largest absolute Gasteiger partial charge is 0.299 e. The number of halogens is 2. The summed E-state index contributed by atoms with van der Waals surface area (Å²) in [4.78, 5) is 24.7. The summed E-state index contributed by atoms with van der Waals surface area (Å²) in [5, 5.41) is 0. The zero-order valence-corrected chi connectivity index (χ0v) is 17.1. The van der Waals surface area contributed by atoms with Crippen molar-refractivity contribution in [1.82, 2.24) is 0 Å². The minimum absolute atomic E-state index is 0.0140. The molecule has 3 fully saturated rings. The third-order valence-electron chi connectivity index (χ3n) is 8.32. The Bertz CT molecular complexity index is 644. The van der Waals surface area contributed by atoms with Crippen molar-refractivity contribution in [2.75, 3.05) is 5.88 Å². The predicted octanol–water partition coefficient (Wildman–Crippen LogP) is 5.67. The van der Waals surface area contributed by atoms with E-state index in [1.54, 1.807) is 0 Å². The standard InChI is InChI=1S/C23H32ClFO2/c1-23-13-19(25)22-17-7-6-16(26)12-15(17)11-14(5-3-2-4-10-24)21(22)18(23)8-9-20(23)27/h12,14,17-19,21-22H,2-11,13H2,1H3/t14?,17-,18-,19?,21-,22-,23-/m0/s1. The second-order valence-corrected chi connectivity index (χ2v) is 10.1. The van der Waals surface area contributed by atoms with Crippen LogP contribution in [0.2, 0.25) is 0 Å². The van der Waals surface area contributed by atoms with E-state index in [-0.39, 0.29) is 23.4 Å². The quantitative estimate of drug-likeness (QED) is 0.444. The van der Waals surface area contributed by atoms with Crippen LogP contribution in [0, 0.1) is 35.0 Å².